The Morgan fingerprint density at radius 3 is 2.41 bits per heavy atom. The number of nitrogens with zero attached hydrogens (tertiary/aromatic N) is 2. The molecule has 0 spiro atoms. The van der Waals surface area contributed by atoms with E-state index in [1.807, 2.05) is 43.4 Å². The molecule has 0 unspecified atom stereocenters. The van der Waals surface area contributed by atoms with Gasteiger partial charge in [0, 0.05) is 30.9 Å². The summed E-state index contributed by atoms with van der Waals surface area (Å²) in [5.74, 6) is 0.826. The molecular weight excluding hydrogens is 272 g/mol. The highest BCUT2D eigenvalue weighted by Gasteiger charge is 2.01. The summed E-state index contributed by atoms with van der Waals surface area (Å²) in [4.78, 5) is 8.61. The van der Waals surface area contributed by atoms with Crippen LogP contribution in [0.3, 0.4) is 0 Å². The zero-order chi connectivity index (χ0) is 15.2. The molecule has 0 radical (unpaired) electrons. The summed E-state index contributed by atoms with van der Waals surface area (Å²) in [7, 11) is 1.92. The number of hydrogen-bond acceptors (Lipinski definition) is 4. The lowest BCUT2D eigenvalue weighted by Gasteiger charge is -2.08. The van der Waals surface area contributed by atoms with Crippen molar-refractivity contribution in [1.29, 1.82) is 0 Å². The van der Waals surface area contributed by atoms with E-state index >= 15 is 0 Å². The van der Waals surface area contributed by atoms with E-state index < -0.39 is 0 Å². The lowest BCUT2D eigenvalue weighted by atomic mass is 10.1. The van der Waals surface area contributed by atoms with Crippen LogP contribution in [0.15, 0.2) is 67.0 Å². The summed E-state index contributed by atoms with van der Waals surface area (Å²) in [5, 5.41) is 6.45. The molecule has 0 fully saturated rings. The first-order chi connectivity index (χ1) is 10.8. The lowest BCUT2D eigenvalue weighted by Crippen LogP contribution is -2.02. The first-order valence-electron chi connectivity index (χ1n) is 7.23. The third kappa shape index (κ3) is 3.41. The van der Waals surface area contributed by atoms with Crippen LogP contribution in [0.1, 0.15) is 5.56 Å². The van der Waals surface area contributed by atoms with Gasteiger partial charge in [0.2, 0.25) is 0 Å². The Bertz CT molecular complexity index is 724. The Hall–Kier alpha value is -2.88. The smallest absolute Gasteiger partial charge is 0.130 e. The second-order valence-corrected chi connectivity index (χ2v) is 4.95. The highest BCUT2D eigenvalue weighted by atomic mass is 15.0. The van der Waals surface area contributed by atoms with Crippen LogP contribution in [0.5, 0.6) is 0 Å². The molecule has 4 nitrogen and oxygen atoms in total. The van der Waals surface area contributed by atoms with Crippen molar-refractivity contribution in [2.45, 2.75) is 6.54 Å². The lowest BCUT2D eigenvalue weighted by molar-refractivity contribution is 1.08. The number of anilines is 2. The van der Waals surface area contributed by atoms with Gasteiger partial charge in [-0.15, -0.1) is 0 Å². The molecule has 110 valence electrons. The second kappa shape index (κ2) is 6.72. The van der Waals surface area contributed by atoms with Gasteiger partial charge in [0.05, 0.1) is 5.69 Å². The van der Waals surface area contributed by atoms with Crippen LogP contribution >= 0.6 is 0 Å². The quantitative estimate of drug-likeness (QED) is 0.750. The van der Waals surface area contributed by atoms with Gasteiger partial charge < -0.3 is 10.6 Å². The Morgan fingerprint density at radius 2 is 1.68 bits per heavy atom. The van der Waals surface area contributed by atoms with Gasteiger partial charge in [-0.2, -0.15) is 0 Å². The summed E-state index contributed by atoms with van der Waals surface area (Å²) >= 11 is 0. The molecule has 0 saturated heterocycles. The molecular formula is C18H18N4. The molecule has 1 aromatic heterocycles. The van der Waals surface area contributed by atoms with Crippen molar-refractivity contribution in [1.82, 2.24) is 9.97 Å². The molecule has 2 N–H and O–H groups in total. The fraction of sp³-hybridized carbons (Fsp3) is 0.111. The van der Waals surface area contributed by atoms with Gasteiger partial charge in [0.15, 0.2) is 0 Å². The highest BCUT2D eigenvalue weighted by molar-refractivity contribution is 5.61. The minimum absolute atomic E-state index is 0.731. The minimum atomic E-state index is 0.731. The molecule has 1 heterocycles. The molecule has 4 heteroatoms. The molecule has 0 atom stereocenters. The van der Waals surface area contributed by atoms with Gasteiger partial charge in [-0.1, -0.05) is 42.5 Å². The number of nitrogens with one attached hydrogen (secondary N) is 2. The molecule has 3 aromatic rings. The molecule has 0 aliphatic heterocycles. The predicted octanol–water partition coefficient (Wildman–Crippen LogP) is 3.80. The maximum atomic E-state index is 4.33. The topological polar surface area (TPSA) is 49.8 Å². The Balaban J connectivity index is 1.70. The highest BCUT2D eigenvalue weighted by Crippen LogP contribution is 2.18. The van der Waals surface area contributed by atoms with Crippen LogP contribution in [0, 0.1) is 0 Å². The fourth-order valence-corrected chi connectivity index (χ4v) is 2.20. The van der Waals surface area contributed by atoms with Gasteiger partial charge in [-0.25, -0.2) is 9.97 Å². The van der Waals surface area contributed by atoms with Gasteiger partial charge >= 0.3 is 0 Å². The van der Waals surface area contributed by atoms with E-state index in [0.717, 1.165) is 29.3 Å². The molecule has 2 aromatic carbocycles. The van der Waals surface area contributed by atoms with E-state index in [9.17, 15) is 0 Å². The van der Waals surface area contributed by atoms with E-state index in [0.29, 0.717) is 0 Å². The second-order valence-electron chi connectivity index (χ2n) is 4.95. The van der Waals surface area contributed by atoms with E-state index in [2.05, 4.69) is 44.9 Å². The van der Waals surface area contributed by atoms with Crippen molar-refractivity contribution in [2.24, 2.45) is 0 Å². The minimum Gasteiger partial charge on any atom is -0.388 e. The number of benzene rings is 2. The third-order valence-corrected chi connectivity index (χ3v) is 3.45. The zero-order valence-corrected chi connectivity index (χ0v) is 12.5. The van der Waals surface area contributed by atoms with Crippen molar-refractivity contribution in [3.8, 4) is 11.3 Å². The summed E-state index contributed by atoms with van der Waals surface area (Å²) in [6, 6.07) is 20.4. The van der Waals surface area contributed by atoms with Crippen LogP contribution < -0.4 is 10.6 Å². The summed E-state index contributed by atoms with van der Waals surface area (Å²) in [6.07, 6.45) is 1.59. The summed E-state index contributed by atoms with van der Waals surface area (Å²) in [5.41, 5.74) is 4.32. The average molecular weight is 290 g/mol. The first-order valence-corrected chi connectivity index (χ1v) is 7.23. The fourth-order valence-electron chi connectivity index (χ4n) is 2.20. The van der Waals surface area contributed by atoms with E-state index in [1.54, 1.807) is 6.33 Å². The predicted molar refractivity (Wildman–Crippen MR) is 90.8 cm³/mol. The van der Waals surface area contributed by atoms with E-state index in [1.165, 1.54) is 5.56 Å². The summed E-state index contributed by atoms with van der Waals surface area (Å²) < 4.78 is 0. The first kappa shape index (κ1) is 14.1. The maximum Gasteiger partial charge on any atom is 0.130 e. The number of rotatable bonds is 5. The van der Waals surface area contributed by atoms with Gasteiger partial charge in [0.25, 0.3) is 0 Å². The zero-order valence-electron chi connectivity index (χ0n) is 12.5. The standard InChI is InChI=1S/C18H18N4/c1-19-16-9-7-14(8-10-16)12-20-18-11-17(21-13-22-18)15-5-3-2-4-6-15/h2-11,13,19H,12H2,1H3,(H,20,21,22). The molecule has 22 heavy (non-hydrogen) atoms. The molecule has 3 rings (SSSR count). The van der Waals surface area contributed by atoms with E-state index in [4.69, 9.17) is 0 Å². The van der Waals surface area contributed by atoms with Crippen molar-refractivity contribution in [3.63, 3.8) is 0 Å². The van der Waals surface area contributed by atoms with Crippen molar-refractivity contribution in [2.75, 3.05) is 17.7 Å². The van der Waals surface area contributed by atoms with Crippen LogP contribution in [-0.2, 0) is 6.54 Å². The van der Waals surface area contributed by atoms with Crippen molar-refractivity contribution >= 4 is 11.5 Å². The normalized spacial score (nSPS) is 10.2. The van der Waals surface area contributed by atoms with Crippen molar-refractivity contribution in [3.05, 3.63) is 72.6 Å². The van der Waals surface area contributed by atoms with Gasteiger partial charge in [-0.05, 0) is 17.7 Å². The number of aromatic nitrogens is 2. The Kier molecular flexibility index (Phi) is 4.30. The van der Waals surface area contributed by atoms with Gasteiger partial charge in [0.1, 0.15) is 12.1 Å². The monoisotopic (exact) mass is 290 g/mol. The molecule has 0 bridgehead atoms. The molecule has 0 aliphatic carbocycles. The molecule has 0 aliphatic rings. The summed E-state index contributed by atoms with van der Waals surface area (Å²) in [6.45, 7) is 0.731. The van der Waals surface area contributed by atoms with Crippen LogP contribution in [0.25, 0.3) is 11.3 Å². The van der Waals surface area contributed by atoms with E-state index in [-0.39, 0.29) is 0 Å². The van der Waals surface area contributed by atoms with Crippen LogP contribution in [0.4, 0.5) is 11.5 Å². The average Bonchev–Trinajstić information content (AvgIpc) is 2.61. The van der Waals surface area contributed by atoms with Crippen molar-refractivity contribution < 1.29 is 0 Å². The SMILES string of the molecule is CNc1ccc(CNc2cc(-c3ccccc3)ncn2)cc1. The Morgan fingerprint density at radius 1 is 0.909 bits per heavy atom. The Labute approximate surface area is 130 Å². The molecule has 0 saturated carbocycles. The largest absolute Gasteiger partial charge is 0.388 e. The third-order valence-electron chi connectivity index (χ3n) is 3.45. The van der Waals surface area contributed by atoms with Crippen LogP contribution in [-0.4, -0.2) is 17.0 Å². The number of hydrogen-bond donors (Lipinski definition) is 2. The van der Waals surface area contributed by atoms with Crippen LogP contribution in [0.2, 0.25) is 0 Å². The van der Waals surface area contributed by atoms with Gasteiger partial charge in [-0.3, -0.25) is 0 Å². The molecule has 0 amide bonds. The maximum absolute atomic E-state index is 4.33.